The molecule has 0 fully saturated rings. The van der Waals surface area contributed by atoms with Crippen molar-refractivity contribution in [3.63, 3.8) is 0 Å². The van der Waals surface area contributed by atoms with Crippen LogP contribution in [0.15, 0.2) is 42.6 Å². The Balaban J connectivity index is 2.05. The minimum Gasteiger partial charge on any atom is -0.495 e. The fourth-order valence-electron chi connectivity index (χ4n) is 2.74. The van der Waals surface area contributed by atoms with Gasteiger partial charge >= 0.3 is 0 Å². The Morgan fingerprint density at radius 1 is 1.10 bits per heavy atom. The zero-order chi connectivity index (χ0) is 21.0. The number of carbonyl (C=O) groups excluding carboxylic acids is 1. The molecule has 0 atom stereocenters. The second-order valence-corrected chi connectivity index (χ2v) is 6.64. The maximum Gasteiger partial charge on any atom is 0.256 e. The summed E-state index contributed by atoms with van der Waals surface area (Å²) in [5, 5.41) is 9.40. The number of nitrogens with two attached hydrogens (primary N) is 1. The average molecular weight is 413 g/mol. The van der Waals surface area contributed by atoms with Crippen molar-refractivity contribution < 1.29 is 9.53 Å². The molecule has 150 valence electrons. The number of nitrogens with zero attached hydrogens (tertiary/aromatic N) is 2. The molecule has 3 aromatic rings. The minimum absolute atomic E-state index is 0.0671. The summed E-state index contributed by atoms with van der Waals surface area (Å²) in [6.45, 7) is 1.96. The normalized spacial score (nSPS) is 10.3. The smallest absolute Gasteiger partial charge is 0.256 e. The van der Waals surface area contributed by atoms with Gasteiger partial charge in [0.25, 0.3) is 5.91 Å². The third-order valence-electron chi connectivity index (χ3n) is 4.11. The van der Waals surface area contributed by atoms with Gasteiger partial charge < -0.3 is 26.4 Å². The fourth-order valence-corrected chi connectivity index (χ4v) is 2.90. The van der Waals surface area contributed by atoms with Gasteiger partial charge in [0.05, 0.1) is 18.5 Å². The Labute approximate surface area is 173 Å². The first-order valence-electron chi connectivity index (χ1n) is 8.74. The highest BCUT2D eigenvalue weighted by molar-refractivity contribution is 6.30. The van der Waals surface area contributed by atoms with Crippen molar-refractivity contribution >= 4 is 46.3 Å². The zero-order valence-corrected chi connectivity index (χ0v) is 17.0. The lowest BCUT2D eigenvalue weighted by Gasteiger charge is -2.17. The number of nitrogen functional groups attached to an aromatic ring is 1. The number of aromatic nitrogens is 2. The number of pyridine rings is 2. The lowest BCUT2D eigenvalue weighted by Crippen LogP contribution is -2.22. The first-order valence-corrected chi connectivity index (χ1v) is 9.12. The summed E-state index contributed by atoms with van der Waals surface area (Å²) < 4.78 is 5.37. The van der Waals surface area contributed by atoms with E-state index in [4.69, 9.17) is 22.1 Å². The summed E-state index contributed by atoms with van der Waals surface area (Å²) in [6.07, 6.45) is 1.69. The SMILES string of the molecule is CNC(=O)c1c(Nc2ccc(Cl)cc2OC)cc(Nc2cc(C)ccn2)nc1N. The number of nitrogens with one attached hydrogen (secondary N) is 3. The Morgan fingerprint density at radius 3 is 2.59 bits per heavy atom. The largest absolute Gasteiger partial charge is 0.495 e. The molecule has 3 rings (SSSR count). The molecular formula is C20H21ClN6O2. The van der Waals surface area contributed by atoms with Gasteiger partial charge in [-0.25, -0.2) is 9.97 Å². The number of halogens is 1. The minimum atomic E-state index is -0.370. The predicted molar refractivity (Wildman–Crippen MR) is 116 cm³/mol. The van der Waals surface area contributed by atoms with E-state index < -0.39 is 0 Å². The zero-order valence-electron chi connectivity index (χ0n) is 16.2. The maximum atomic E-state index is 12.4. The summed E-state index contributed by atoms with van der Waals surface area (Å²) in [7, 11) is 3.06. The number of hydrogen-bond donors (Lipinski definition) is 4. The second-order valence-electron chi connectivity index (χ2n) is 6.21. The summed E-state index contributed by atoms with van der Waals surface area (Å²) in [4.78, 5) is 21.0. The van der Waals surface area contributed by atoms with E-state index in [9.17, 15) is 4.79 Å². The van der Waals surface area contributed by atoms with Crippen LogP contribution in [-0.2, 0) is 0 Å². The summed E-state index contributed by atoms with van der Waals surface area (Å²) >= 11 is 6.04. The predicted octanol–water partition coefficient (Wildman–Crippen LogP) is 3.88. The molecule has 0 aliphatic rings. The highest BCUT2D eigenvalue weighted by atomic mass is 35.5. The van der Waals surface area contributed by atoms with Crippen LogP contribution in [0.4, 0.5) is 28.8 Å². The highest BCUT2D eigenvalue weighted by Crippen LogP contribution is 2.34. The van der Waals surface area contributed by atoms with E-state index in [2.05, 4.69) is 25.9 Å². The molecule has 0 saturated heterocycles. The molecule has 0 aliphatic carbocycles. The number of benzene rings is 1. The van der Waals surface area contributed by atoms with Crippen LogP contribution >= 0.6 is 11.6 Å². The molecule has 0 spiro atoms. The number of rotatable bonds is 6. The van der Waals surface area contributed by atoms with E-state index in [1.807, 2.05) is 19.1 Å². The second kappa shape index (κ2) is 8.66. The van der Waals surface area contributed by atoms with Crippen LogP contribution in [0.3, 0.4) is 0 Å². The summed E-state index contributed by atoms with van der Waals surface area (Å²) in [5.74, 6) is 1.26. The molecule has 1 aromatic carbocycles. The molecular weight excluding hydrogens is 392 g/mol. The maximum absolute atomic E-state index is 12.4. The van der Waals surface area contributed by atoms with Crippen LogP contribution in [0, 0.1) is 6.92 Å². The summed E-state index contributed by atoms with van der Waals surface area (Å²) in [5.41, 5.74) is 8.43. The van der Waals surface area contributed by atoms with Gasteiger partial charge in [-0.2, -0.15) is 0 Å². The number of aryl methyl sites for hydroxylation is 1. The Kier molecular flexibility index (Phi) is 6.04. The lowest BCUT2D eigenvalue weighted by molar-refractivity contribution is 0.0964. The third kappa shape index (κ3) is 4.67. The average Bonchev–Trinajstić information content (AvgIpc) is 2.68. The molecule has 2 aromatic heterocycles. The number of amides is 1. The molecule has 0 radical (unpaired) electrons. The van der Waals surface area contributed by atoms with Gasteiger partial charge in [0, 0.05) is 30.4 Å². The molecule has 8 nitrogen and oxygen atoms in total. The van der Waals surface area contributed by atoms with Crippen molar-refractivity contribution in [2.24, 2.45) is 0 Å². The van der Waals surface area contributed by atoms with E-state index in [-0.39, 0.29) is 17.3 Å². The molecule has 1 amide bonds. The van der Waals surface area contributed by atoms with Crippen molar-refractivity contribution in [1.29, 1.82) is 0 Å². The van der Waals surface area contributed by atoms with Gasteiger partial charge in [-0.15, -0.1) is 0 Å². The molecule has 2 heterocycles. The van der Waals surface area contributed by atoms with Crippen molar-refractivity contribution in [2.75, 3.05) is 30.5 Å². The molecule has 0 aliphatic heterocycles. The molecule has 9 heteroatoms. The fraction of sp³-hybridized carbons (Fsp3) is 0.150. The van der Waals surface area contributed by atoms with E-state index in [0.717, 1.165) is 5.56 Å². The topological polar surface area (TPSA) is 114 Å². The van der Waals surface area contributed by atoms with Crippen LogP contribution in [0.2, 0.25) is 5.02 Å². The van der Waals surface area contributed by atoms with Gasteiger partial charge in [-0.1, -0.05) is 11.6 Å². The van der Waals surface area contributed by atoms with Crippen LogP contribution in [0.25, 0.3) is 0 Å². The standard InChI is InChI=1S/C20H21ClN6O2/c1-11-6-7-24-16(8-11)26-17-10-14(18(19(22)27-17)20(28)23-2)25-13-5-4-12(21)9-15(13)29-3/h4-10H,1-3H3,(H,23,28)(H4,22,24,25,26,27). The number of methoxy groups -OCH3 is 1. The number of hydrogen-bond acceptors (Lipinski definition) is 7. The van der Waals surface area contributed by atoms with E-state index in [0.29, 0.717) is 33.8 Å². The van der Waals surface area contributed by atoms with Crippen LogP contribution < -0.4 is 26.4 Å². The van der Waals surface area contributed by atoms with Crippen LogP contribution in [-0.4, -0.2) is 30.0 Å². The van der Waals surface area contributed by atoms with E-state index in [1.165, 1.54) is 14.2 Å². The number of anilines is 5. The van der Waals surface area contributed by atoms with Gasteiger partial charge in [-0.3, -0.25) is 4.79 Å². The van der Waals surface area contributed by atoms with E-state index in [1.54, 1.807) is 30.5 Å². The first kappa shape index (κ1) is 20.2. The quantitative estimate of drug-likeness (QED) is 0.485. The summed E-state index contributed by atoms with van der Waals surface area (Å²) in [6, 6.07) is 10.6. The lowest BCUT2D eigenvalue weighted by atomic mass is 10.1. The molecule has 5 N–H and O–H groups in total. The molecule has 0 unspecified atom stereocenters. The third-order valence-corrected chi connectivity index (χ3v) is 4.34. The van der Waals surface area contributed by atoms with Crippen molar-refractivity contribution in [3.05, 3.63) is 58.7 Å². The number of ether oxygens (including phenoxy) is 1. The van der Waals surface area contributed by atoms with Crippen LogP contribution in [0.1, 0.15) is 15.9 Å². The Morgan fingerprint density at radius 2 is 1.90 bits per heavy atom. The highest BCUT2D eigenvalue weighted by Gasteiger charge is 2.19. The van der Waals surface area contributed by atoms with Gasteiger partial charge in [0.15, 0.2) is 0 Å². The van der Waals surface area contributed by atoms with Gasteiger partial charge in [0.2, 0.25) is 0 Å². The Bertz CT molecular complexity index is 1060. The van der Waals surface area contributed by atoms with Crippen LogP contribution in [0.5, 0.6) is 5.75 Å². The van der Waals surface area contributed by atoms with E-state index >= 15 is 0 Å². The molecule has 0 bridgehead atoms. The molecule has 29 heavy (non-hydrogen) atoms. The number of carbonyl (C=O) groups is 1. The van der Waals surface area contributed by atoms with Gasteiger partial charge in [-0.05, 0) is 36.8 Å². The van der Waals surface area contributed by atoms with Crippen molar-refractivity contribution in [1.82, 2.24) is 15.3 Å². The monoisotopic (exact) mass is 412 g/mol. The van der Waals surface area contributed by atoms with Gasteiger partial charge in [0.1, 0.15) is 28.8 Å². The molecule has 0 saturated carbocycles. The van der Waals surface area contributed by atoms with Crippen molar-refractivity contribution in [3.8, 4) is 5.75 Å². The van der Waals surface area contributed by atoms with Crippen molar-refractivity contribution in [2.45, 2.75) is 6.92 Å². The Hall–Kier alpha value is -3.52. The first-order chi connectivity index (χ1) is 13.9.